The average molecular weight is 174 g/mol. The summed E-state index contributed by atoms with van der Waals surface area (Å²) in [6, 6.07) is 7.39. The number of rotatable bonds is 1. The van der Waals surface area contributed by atoms with E-state index >= 15 is 0 Å². The van der Waals surface area contributed by atoms with Gasteiger partial charge in [-0.3, -0.25) is 4.79 Å². The van der Waals surface area contributed by atoms with Crippen LogP contribution in [0.25, 0.3) is 0 Å². The zero-order chi connectivity index (χ0) is 8.27. The van der Waals surface area contributed by atoms with Crippen molar-refractivity contribution in [2.75, 3.05) is 0 Å². The summed E-state index contributed by atoms with van der Waals surface area (Å²) in [5.41, 5.74) is 1.09. The van der Waals surface area contributed by atoms with Crippen LogP contribution in [-0.2, 0) is 4.79 Å². The normalized spacial score (nSPS) is 8.50. The first kappa shape index (κ1) is 11.7. The smallest absolute Gasteiger partial charge is 1.00 e. The van der Waals surface area contributed by atoms with Crippen LogP contribution >= 0.6 is 0 Å². The number of hydrogen-bond acceptors (Lipinski definition) is 2. The van der Waals surface area contributed by atoms with Gasteiger partial charge in [0.15, 0.2) is 0 Å². The molecule has 0 fully saturated rings. The van der Waals surface area contributed by atoms with Gasteiger partial charge in [0.25, 0.3) is 0 Å². The number of ether oxygens (including phenoxy) is 1. The summed E-state index contributed by atoms with van der Waals surface area (Å²) in [6.45, 7) is 3.34. The first-order valence-corrected chi connectivity index (χ1v) is 3.43. The minimum Gasteiger partial charge on any atom is -1.00 e. The molecule has 0 amide bonds. The standard InChI is InChI=1S/C9H10O2.Na.H/c1-7-4-3-5-9(6-7)11-8(2)10;;/h3-6H,1-2H3;;/q;+1;-1. The number of carbonyl (C=O) groups is 1. The average Bonchev–Trinajstić information content (AvgIpc) is 1.85. The molecule has 0 atom stereocenters. The molecular formula is C9H11NaO2. The molecule has 0 aliphatic rings. The van der Waals surface area contributed by atoms with Gasteiger partial charge in [0, 0.05) is 6.92 Å². The van der Waals surface area contributed by atoms with Crippen molar-refractivity contribution in [1.29, 1.82) is 0 Å². The van der Waals surface area contributed by atoms with Crippen molar-refractivity contribution in [3.05, 3.63) is 29.8 Å². The van der Waals surface area contributed by atoms with Gasteiger partial charge in [0.2, 0.25) is 0 Å². The van der Waals surface area contributed by atoms with Crippen molar-refractivity contribution in [1.82, 2.24) is 0 Å². The van der Waals surface area contributed by atoms with Crippen LogP contribution in [0.2, 0.25) is 0 Å². The van der Waals surface area contributed by atoms with Crippen LogP contribution in [0.4, 0.5) is 0 Å². The van der Waals surface area contributed by atoms with Crippen LogP contribution in [0, 0.1) is 6.92 Å². The van der Waals surface area contributed by atoms with E-state index in [9.17, 15) is 4.79 Å². The van der Waals surface area contributed by atoms with Crippen LogP contribution in [-0.4, -0.2) is 5.97 Å². The minimum absolute atomic E-state index is 0. The van der Waals surface area contributed by atoms with E-state index in [0.717, 1.165) is 5.56 Å². The van der Waals surface area contributed by atoms with Crippen LogP contribution < -0.4 is 34.3 Å². The molecule has 60 valence electrons. The van der Waals surface area contributed by atoms with E-state index in [0.29, 0.717) is 5.75 Å². The predicted molar refractivity (Wildman–Crippen MR) is 43.6 cm³/mol. The Morgan fingerprint density at radius 3 is 2.67 bits per heavy atom. The molecule has 0 unspecified atom stereocenters. The third-order valence-corrected chi connectivity index (χ3v) is 1.25. The fourth-order valence-electron chi connectivity index (χ4n) is 0.845. The van der Waals surface area contributed by atoms with Crippen molar-refractivity contribution in [3.63, 3.8) is 0 Å². The monoisotopic (exact) mass is 174 g/mol. The molecule has 0 heterocycles. The first-order chi connectivity index (χ1) is 5.18. The van der Waals surface area contributed by atoms with Crippen molar-refractivity contribution in [2.45, 2.75) is 13.8 Å². The molecule has 0 spiro atoms. The summed E-state index contributed by atoms with van der Waals surface area (Å²) >= 11 is 0. The maximum Gasteiger partial charge on any atom is 1.00 e. The van der Waals surface area contributed by atoms with E-state index in [1.807, 2.05) is 25.1 Å². The number of esters is 1. The molecule has 0 aromatic heterocycles. The summed E-state index contributed by atoms with van der Waals surface area (Å²) in [5, 5.41) is 0. The molecule has 0 aliphatic heterocycles. The second kappa shape index (κ2) is 5.36. The molecule has 0 saturated heterocycles. The third kappa shape index (κ3) is 3.90. The Hall–Kier alpha value is -0.310. The largest absolute Gasteiger partial charge is 1.00 e. The van der Waals surface area contributed by atoms with E-state index in [4.69, 9.17) is 4.74 Å². The van der Waals surface area contributed by atoms with Gasteiger partial charge >= 0.3 is 35.5 Å². The zero-order valence-corrected chi connectivity index (χ0v) is 9.63. The van der Waals surface area contributed by atoms with Crippen LogP contribution in [0.5, 0.6) is 5.75 Å². The Balaban J connectivity index is 0. The fraction of sp³-hybridized carbons (Fsp3) is 0.222. The topological polar surface area (TPSA) is 26.3 Å². The van der Waals surface area contributed by atoms with Crippen molar-refractivity contribution in [2.24, 2.45) is 0 Å². The van der Waals surface area contributed by atoms with Crippen molar-refractivity contribution in [3.8, 4) is 5.75 Å². The molecule has 0 radical (unpaired) electrons. The zero-order valence-electron chi connectivity index (χ0n) is 8.63. The van der Waals surface area contributed by atoms with Gasteiger partial charge < -0.3 is 6.16 Å². The quantitative estimate of drug-likeness (QED) is 0.311. The van der Waals surface area contributed by atoms with Crippen LogP contribution in [0.15, 0.2) is 24.3 Å². The van der Waals surface area contributed by atoms with E-state index in [2.05, 4.69) is 0 Å². The molecule has 1 aromatic carbocycles. The molecule has 3 heteroatoms. The minimum atomic E-state index is -0.282. The predicted octanol–water partition coefficient (Wildman–Crippen LogP) is -0.963. The fourth-order valence-corrected chi connectivity index (χ4v) is 0.845. The van der Waals surface area contributed by atoms with Gasteiger partial charge in [-0.15, -0.1) is 0 Å². The Labute approximate surface area is 95.7 Å². The second-order valence-corrected chi connectivity index (χ2v) is 2.41. The summed E-state index contributed by atoms with van der Waals surface area (Å²) in [6.07, 6.45) is 0. The van der Waals surface area contributed by atoms with E-state index in [1.54, 1.807) is 6.07 Å². The number of benzene rings is 1. The second-order valence-electron chi connectivity index (χ2n) is 2.41. The van der Waals surface area contributed by atoms with Gasteiger partial charge in [-0.05, 0) is 24.6 Å². The van der Waals surface area contributed by atoms with Gasteiger partial charge in [-0.1, -0.05) is 12.1 Å². The van der Waals surface area contributed by atoms with E-state index < -0.39 is 0 Å². The summed E-state index contributed by atoms with van der Waals surface area (Å²) < 4.78 is 4.86. The molecule has 1 aromatic rings. The number of hydrogen-bond donors (Lipinski definition) is 0. The number of aryl methyl sites for hydroxylation is 1. The Bertz CT molecular complexity index is 276. The molecule has 1 rings (SSSR count). The third-order valence-electron chi connectivity index (χ3n) is 1.25. The van der Waals surface area contributed by atoms with Gasteiger partial charge in [0.1, 0.15) is 5.75 Å². The summed E-state index contributed by atoms with van der Waals surface area (Å²) in [4.78, 5) is 10.5. The number of carbonyl (C=O) groups excluding carboxylic acids is 1. The Kier molecular flexibility index (Phi) is 5.22. The van der Waals surface area contributed by atoms with Crippen molar-refractivity contribution < 1.29 is 40.5 Å². The van der Waals surface area contributed by atoms with Gasteiger partial charge in [0.05, 0.1) is 0 Å². The van der Waals surface area contributed by atoms with Crippen LogP contribution in [0.3, 0.4) is 0 Å². The van der Waals surface area contributed by atoms with E-state index in [1.165, 1.54) is 6.92 Å². The molecule has 12 heavy (non-hydrogen) atoms. The SMILES string of the molecule is CC(=O)Oc1cccc(C)c1.[H-].[Na+]. The van der Waals surface area contributed by atoms with E-state index in [-0.39, 0.29) is 37.0 Å². The summed E-state index contributed by atoms with van der Waals surface area (Å²) in [7, 11) is 0. The maximum atomic E-state index is 10.5. The Morgan fingerprint density at radius 2 is 2.17 bits per heavy atom. The van der Waals surface area contributed by atoms with Crippen molar-refractivity contribution >= 4 is 5.97 Å². The summed E-state index contributed by atoms with van der Waals surface area (Å²) in [5.74, 6) is 0.327. The first-order valence-electron chi connectivity index (χ1n) is 3.43. The Morgan fingerprint density at radius 1 is 1.50 bits per heavy atom. The van der Waals surface area contributed by atoms with Gasteiger partial charge in [-0.2, -0.15) is 0 Å². The van der Waals surface area contributed by atoms with Gasteiger partial charge in [-0.25, -0.2) is 0 Å². The maximum absolute atomic E-state index is 10.5. The molecule has 0 N–H and O–H groups in total. The van der Waals surface area contributed by atoms with Crippen LogP contribution in [0.1, 0.15) is 13.9 Å². The molecule has 0 saturated carbocycles. The molecule has 0 aliphatic carbocycles. The molecule has 0 bridgehead atoms. The molecule has 2 nitrogen and oxygen atoms in total. The molecular weight excluding hydrogens is 163 g/mol.